The second-order valence-corrected chi connectivity index (χ2v) is 6.17. The molecule has 0 aromatic carbocycles. The summed E-state index contributed by atoms with van der Waals surface area (Å²) >= 11 is 0. The molecule has 1 aromatic rings. The van der Waals surface area contributed by atoms with E-state index in [1.54, 1.807) is 12.1 Å². The molecule has 2 rings (SSSR count). The number of aromatic nitrogens is 1. The molecule has 1 aromatic heterocycles. The van der Waals surface area contributed by atoms with E-state index in [9.17, 15) is 9.59 Å². The monoisotopic (exact) mass is 291 g/mol. The van der Waals surface area contributed by atoms with Crippen LogP contribution < -0.4 is 5.56 Å². The summed E-state index contributed by atoms with van der Waals surface area (Å²) in [7, 11) is 4.11. The Morgan fingerprint density at radius 1 is 1.38 bits per heavy atom. The van der Waals surface area contributed by atoms with Crippen molar-refractivity contribution in [3.63, 3.8) is 0 Å². The van der Waals surface area contributed by atoms with E-state index in [4.69, 9.17) is 0 Å². The van der Waals surface area contributed by atoms with E-state index < -0.39 is 0 Å². The van der Waals surface area contributed by atoms with Crippen LogP contribution in [0.2, 0.25) is 0 Å². The third kappa shape index (κ3) is 3.35. The van der Waals surface area contributed by atoms with Gasteiger partial charge in [-0.2, -0.15) is 0 Å². The van der Waals surface area contributed by atoms with Gasteiger partial charge in [-0.25, -0.2) is 0 Å². The second kappa shape index (κ2) is 6.43. The van der Waals surface area contributed by atoms with E-state index >= 15 is 0 Å². The molecule has 1 fully saturated rings. The highest BCUT2D eigenvalue weighted by Crippen LogP contribution is 2.25. The average Bonchev–Trinajstić information content (AvgIpc) is 2.83. The number of carbonyl (C=O) groups is 1. The summed E-state index contributed by atoms with van der Waals surface area (Å²) < 4.78 is 0. The lowest BCUT2D eigenvalue weighted by Crippen LogP contribution is -2.37. The molecule has 0 spiro atoms. The molecule has 2 heterocycles. The van der Waals surface area contributed by atoms with E-state index in [2.05, 4.69) is 30.9 Å². The molecule has 21 heavy (non-hydrogen) atoms. The second-order valence-electron chi connectivity index (χ2n) is 6.17. The van der Waals surface area contributed by atoms with Gasteiger partial charge in [0.25, 0.3) is 11.5 Å². The van der Waals surface area contributed by atoms with Crippen LogP contribution in [-0.2, 0) is 0 Å². The number of likely N-dealkylation sites (tertiary alicyclic amines) is 1. The maximum Gasteiger partial charge on any atom is 0.260 e. The number of nitrogens with zero attached hydrogens (tertiary/aromatic N) is 2. The molecule has 2 atom stereocenters. The normalized spacial score (nSPS) is 22.0. The van der Waals surface area contributed by atoms with Crippen LogP contribution in [-0.4, -0.2) is 53.9 Å². The predicted molar refractivity (Wildman–Crippen MR) is 83.6 cm³/mol. The Kier molecular flexibility index (Phi) is 4.83. The average molecular weight is 291 g/mol. The van der Waals surface area contributed by atoms with Crippen molar-refractivity contribution < 1.29 is 4.79 Å². The summed E-state index contributed by atoms with van der Waals surface area (Å²) in [6.45, 7) is 5.42. The molecule has 1 N–H and O–H groups in total. The van der Waals surface area contributed by atoms with Crippen LogP contribution in [0.5, 0.6) is 0 Å². The fourth-order valence-corrected chi connectivity index (χ4v) is 3.17. The summed E-state index contributed by atoms with van der Waals surface area (Å²) in [4.78, 5) is 31.2. The Labute approximate surface area is 126 Å². The van der Waals surface area contributed by atoms with Crippen molar-refractivity contribution >= 4 is 5.91 Å². The number of likely N-dealkylation sites (N-methyl/N-ethyl adjacent to an activating group) is 1. The number of hydrogen-bond donors (Lipinski definition) is 1. The van der Waals surface area contributed by atoms with Crippen LogP contribution in [0, 0.1) is 12.8 Å². The third-order valence-corrected chi connectivity index (χ3v) is 4.30. The zero-order chi connectivity index (χ0) is 15.6. The van der Waals surface area contributed by atoms with Gasteiger partial charge in [-0.15, -0.1) is 0 Å². The summed E-state index contributed by atoms with van der Waals surface area (Å²) in [5.74, 6) is 0.334. The van der Waals surface area contributed by atoms with Crippen molar-refractivity contribution in [3.05, 3.63) is 33.7 Å². The van der Waals surface area contributed by atoms with Crippen LogP contribution in [0.1, 0.15) is 35.8 Å². The van der Waals surface area contributed by atoms with Gasteiger partial charge in [0.15, 0.2) is 0 Å². The SMILES string of the molecule is CCC[C@@H]1CN(C(=O)c2ccc(C)[nH]c2=O)C[C@H]1N(C)C. The summed E-state index contributed by atoms with van der Waals surface area (Å²) in [6, 6.07) is 3.78. The van der Waals surface area contributed by atoms with E-state index in [1.807, 2.05) is 11.8 Å². The summed E-state index contributed by atoms with van der Waals surface area (Å²) in [6.07, 6.45) is 2.22. The van der Waals surface area contributed by atoms with Gasteiger partial charge in [0, 0.05) is 24.8 Å². The van der Waals surface area contributed by atoms with Crippen molar-refractivity contribution in [1.82, 2.24) is 14.8 Å². The first-order valence-corrected chi connectivity index (χ1v) is 7.59. The number of rotatable bonds is 4. The number of nitrogens with one attached hydrogen (secondary N) is 1. The van der Waals surface area contributed by atoms with Gasteiger partial charge in [0.05, 0.1) is 0 Å². The number of amides is 1. The number of carbonyl (C=O) groups excluding carboxylic acids is 1. The van der Waals surface area contributed by atoms with Gasteiger partial charge in [-0.1, -0.05) is 13.3 Å². The van der Waals surface area contributed by atoms with Gasteiger partial charge >= 0.3 is 0 Å². The molecule has 5 heteroatoms. The molecule has 0 saturated carbocycles. The van der Waals surface area contributed by atoms with Crippen LogP contribution >= 0.6 is 0 Å². The number of aryl methyl sites for hydroxylation is 1. The van der Waals surface area contributed by atoms with E-state index in [-0.39, 0.29) is 17.0 Å². The Hall–Kier alpha value is -1.62. The van der Waals surface area contributed by atoms with Gasteiger partial charge in [0.2, 0.25) is 0 Å². The van der Waals surface area contributed by atoms with Gasteiger partial charge in [-0.3, -0.25) is 9.59 Å². The maximum atomic E-state index is 12.6. The first kappa shape index (κ1) is 15.8. The van der Waals surface area contributed by atoms with Crippen LogP contribution in [0.4, 0.5) is 0 Å². The molecule has 0 unspecified atom stereocenters. The highest BCUT2D eigenvalue weighted by molar-refractivity contribution is 5.94. The first-order valence-electron chi connectivity index (χ1n) is 7.59. The molecule has 0 radical (unpaired) electrons. The lowest BCUT2D eigenvalue weighted by molar-refractivity contribution is 0.0779. The van der Waals surface area contributed by atoms with E-state index in [0.717, 1.165) is 25.1 Å². The smallest absolute Gasteiger partial charge is 0.260 e. The van der Waals surface area contributed by atoms with Crippen LogP contribution in [0.15, 0.2) is 16.9 Å². The summed E-state index contributed by atoms with van der Waals surface area (Å²) in [5, 5.41) is 0. The lowest BCUT2D eigenvalue weighted by Gasteiger charge is -2.24. The maximum absolute atomic E-state index is 12.6. The molecule has 1 saturated heterocycles. The van der Waals surface area contributed by atoms with Crippen molar-refractivity contribution in [2.45, 2.75) is 32.7 Å². The molecular formula is C16H25N3O2. The topological polar surface area (TPSA) is 56.4 Å². The summed E-state index contributed by atoms with van der Waals surface area (Å²) in [5.41, 5.74) is 0.726. The Morgan fingerprint density at radius 3 is 2.67 bits per heavy atom. The Balaban J connectivity index is 2.18. The van der Waals surface area contributed by atoms with Crippen molar-refractivity contribution in [2.24, 2.45) is 5.92 Å². The minimum Gasteiger partial charge on any atom is -0.337 e. The zero-order valence-corrected chi connectivity index (χ0v) is 13.3. The molecule has 0 aliphatic carbocycles. The van der Waals surface area contributed by atoms with E-state index in [0.29, 0.717) is 18.5 Å². The highest BCUT2D eigenvalue weighted by atomic mass is 16.2. The molecular weight excluding hydrogens is 266 g/mol. The fourth-order valence-electron chi connectivity index (χ4n) is 3.17. The molecule has 1 amide bonds. The van der Waals surface area contributed by atoms with Gasteiger partial charge in [0.1, 0.15) is 5.56 Å². The van der Waals surface area contributed by atoms with Gasteiger partial charge < -0.3 is 14.8 Å². The minimum atomic E-state index is -0.291. The van der Waals surface area contributed by atoms with Crippen LogP contribution in [0.25, 0.3) is 0 Å². The van der Waals surface area contributed by atoms with E-state index in [1.165, 1.54) is 0 Å². The van der Waals surface area contributed by atoms with Gasteiger partial charge in [-0.05, 0) is 45.5 Å². The lowest BCUT2D eigenvalue weighted by atomic mass is 9.98. The Bertz CT molecular complexity index is 565. The zero-order valence-electron chi connectivity index (χ0n) is 13.3. The van der Waals surface area contributed by atoms with Crippen molar-refractivity contribution in [3.8, 4) is 0 Å². The van der Waals surface area contributed by atoms with Crippen molar-refractivity contribution in [1.29, 1.82) is 0 Å². The molecule has 1 aliphatic rings. The fraction of sp³-hybridized carbons (Fsp3) is 0.625. The number of pyridine rings is 1. The third-order valence-electron chi connectivity index (χ3n) is 4.30. The Morgan fingerprint density at radius 2 is 2.10 bits per heavy atom. The number of aromatic amines is 1. The number of hydrogen-bond acceptors (Lipinski definition) is 3. The quantitative estimate of drug-likeness (QED) is 0.914. The van der Waals surface area contributed by atoms with Crippen molar-refractivity contribution in [2.75, 3.05) is 27.2 Å². The minimum absolute atomic E-state index is 0.151. The van der Waals surface area contributed by atoms with Crippen LogP contribution in [0.3, 0.4) is 0 Å². The molecule has 0 bridgehead atoms. The standard InChI is InChI=1S/C16H25N3O2/c1-5-6-12-9-19(10-14(12)18(3)4)16(21)13-8-7-11(2)17-15(13)20/h7-8,12,14H,5-6,9-10H2,1-4H3,(H,17,20)/t12-,14-/m1/s1. The predicted octanol–water partition coefficient (Wildman–Crippen LogP) is 1.49. The first-order chi connectivity index (χ1) is 9.93. The molecule has 1 aliphatic heterocycles. The highest BCUT2D eigenvalue weighted by Gasteiger charge is 2.36. The number of H-pyrrole nitrogens is 1. The molecule has 116 valence electrons. The molecule has 5 nitrogen and oxygen atoms in total. The largest absolute Gasteiger partial charge is 0.337 e.